The minimum Gasteiger partial charge on any atom is -0.298 e. The van der Waals surface area contributed by atoms with E-state index < -0.39 is 0 Å². The van der Waals surface area contributed by atoms with Crippen LogP contribution < -0.4 is 0 Å². The molecular formula is C31H21BrO. The van der Waals surface area contributed by atoms with Crippen LogP contribution in [0.25, 0.3) is 44.5 Å². The van der Waals surface area contributed by atoms with Crippen molar-refractivity contribution in [3.05, 3.63) is 131 Å². The van der Waals surface area contributed by atoms with Gasteiger partial charge in [0.25, 0.3) is 0 Å². The average molecular weight is 489 g/mol. The number of halogens is 1. The van der Waals surface area contributed by atoms with Gasteiger partial charge in [-0.25, -0.2) is 0 Å². The van der Waals surface area contributed by atoms with Crippen LogP contribution in [0.3, 0.4) is 0 Å². The van der Waals surface area contributed by atoms with Crippen LogP contribution in [0.4, 0.5) is 0 Å². The molecule has 158 valence electrons. The van der Waals surface area contributed by atoms with Crippen LogP contribution in [-0.2, 0) is 0 Å². The molecule has 0 aliphatic rings. The number of rotatable bonds is 5. The summed E-state index contributed by atoms with van der Waals surface area (Å²) in [6, 6.07) is 41.2. The molecule has 5 rings (SSSR count). The van der Waals surface area contributed by atoms with Crippen molar-refractivity contribution in [1.82, 2.24) is 0 Å². The highest BCUT2D eigenvalue weighted by Crippen LogP contribution is 2.50. The van der Waals surface area contributed by atoms with Gasteiger partial charge in [0.1, 0.15) is 0 Å². The lowest BCUT2D eigenvalue weighted by Gasteiger charge is -2.24. The number of carbonyl (C=O) groups excluding carboxylic acids is 1. The summed E-state index contributed by atoms with van der Waals surface area (Å²) >= 11 is 3.85. The molecule has 0 unspecified atom stereocenters. The normalized spacial score (nSPS) is 10.7. The second-order valence-electron chi connectivity index (χ2n) is 7.81. The maximum atomic E-state index is 12.6. The van der Waals surface area contributed by atoms with Gasteiger partial charge in [-0.15, -0.1) is 0 Å². The largest absolute Gasteiger partial charge is 0.298 e. The molecule has 0 aromatic heterocycles. The van der Waals surface area contributed by atoms with Crippen molar-refractivity contribution >= 4 is 22.2 Å². The van der Waals surface area contributed by atoms with E-state index in [0.717, 1.165) is 55.3 Å². The molecule has 0 amide bonds. The maximum absolute atomic E-state index is 12.6. The number of aldehydes is 1. The van der Waals surface area contributed by atoms with Crippen LogP contribution >= 0.6 is 15.9 Å². The van der Waals surface area contributed by atoms with E-state index in [-0.39, 0.29) is 0 Å². The Morgan fingerprint density at radius 3 is 1.09 bits per heavy atom. The van der Waals surface area contributed by atoms with Gasteiger partial charge in [-0.3, -0.25) is 4.79 Å². The number of carbonyl (C=O) groups is 1. The third-order valence-corrected chi connectivity index (χ3v) is 6.67. The Kier molecular flexibility index (Phi) is 6.01. The first-order chi connectivity index (χ1) is 16.3. The van der Waals surface area contributed by atoms with Crippen molar-refractivity contribution < 1.29 is 4.79 Å². The summed E-state index contributed by atoms with van der Waals surface area (Å²) in [4.78, 5) is 12.6. The Morgan fingerprint density at radius 1 is 0.424 bits per heavy atom. The van der Waals surface area contributed by atoms with Gasteiger partial charge in [0.2, 0.25) is 0 Å². The van der Waals surface area contributed by atoms with E-state index in [1.165, 1.54) is 0 Å². The first-order valence-corrected chi connectivity index (χ1v) is 11.6. The van der Waals surface area contributed by atoms with Crippen molar-refractivity contribution in [1.29, 1.82) is 0 Å². The van der Waals surface area contributed by atoms with Crippen LogP contribution in [0.15, 0.2) is 126 Å². The summed E-state index contributed by atoms with van der Waals surface area (Å²) < 4.78 is 0.807. The van der Waals surface area contributed by atoms with Crippen molar-refractivity contribution in [3.8, 4) is 44.5 Å². The van der Waals surface area contributed by atoms with Crippen LogP contribution in [0, 0.1) is 0 Å². The smallest absolute Gasteiger partial charge is 0.151 e. The zero-order valence-corrected chi connectivity index (χ0v) is 19.5. The van der Waals surface area contributed by atoms with Gasteiger partial charge in [0.05, 0.1) is 0 Å². The summed E-state index contributed by atoms with van der Waals surface area (Å²) in [6.07, 6.45) is 0.972. The minimum atomic E-state index is 0.651. The van der Waals surface area contributed by atoms with E-state index in [9.17, 15) is 4.79 Å². The molecule has 0 radical (unpaired) electrons. The second-order valence-corrected chi connectivity index (χ2v) is 8.60. The lowest BCUT2D eigenvalue weighted by Crippen LogP contribution is -2.01. The first-order valence-electron chi connectivity index (χ1n) is 10.9. The third-order valence-electron chi connectivity index (χ3n) is 5.84. The van der Waals surface area contributed by atoms with Crippen molar-refractivity contribution in [2.45, 2.75) is 0 Å². The topological polar surface area (TPSA) is 17.1 Å². The predicted molar refractivity (Wildman–Crippen MR) is 141 cm³/mol. The monoisotopic (exact) mass is 488 g/mol. The fourth-order valence-electron chi connectivity index (χ4n) is 4.42. The number of hydrogen-bond acceptors (Lipinski definition) is 1. The van der Waals surface area contributed by atoms with E-state index in [2.05, 4.69) is 76.6 Å². The lowest BCUT2D eigenvalue weighted by atomic mass is 9.80. The molecule has 0 aliphatic heterocycles. The van der Waals surface area contributed by atoms with Crippen molar-refractivity contribution in [2.75, 3.05) is 0 Å². The van der Waals surface area contributed by atoms with E-state index in [1.54, 1.807) is 0 Å². The summed E-state index contributed by atoms with van der Waals surface area (Å²) in [7, 11) is 0. The van der Waals surface area contributed by atoms with E-state index in [0.29, 0.717) is 5.56 Å². The first kappa shape index (κ1) is 21.1. The van der Waals surface area contributed by atoms with E-state index in [4.69, 9.17) is 0 Å². The van der Waals surface area contributed by atoms with E-state index >= 15 is 0 Å². The summed E-state index contributed by atoms with van der Waals surface area (Å²) in [5, 5.41) is 0. The van der Waals surface area contributed by atoms with Crippen LogP contribution in [0.2, 0.25) is 0 Å². The SMILES string of the molecule is O=Cc1c(Br)c(-c2ccccc2)c(-c2ccccc2)c(-c2ccccc2)c1-c1ccccc1. The molecule has 5 aromatic rings. The van der Waals surface area contributed by atoms with Gasteiger partial charge in [-0.05, 0) is 49.3 Å². The van der Waals surface area contributed by atoms with Crippen molar-refractivity contribution in [2.24, 2.45) is 0 Å². The van der Waals surface area contributed by atoms with Crippen molar-refractivity contribution in [3.63, 3.8) is 0 Å². The minimum absolute atomic E-state index is 0.651. The molecule has 0 atom stereocenters. The summed E-state index contributed by atoms with van der Waals surface area (Å²) in [6.45, 7) is 0. The number of benzene rings is 5. The van der Waals surface area contributed by atoms with Gasteiger partial charge >= 0.3 is 0 Å². The predicted octanol–water partition coefficient (Wildman–Crippen LogP) is 8.93. The zero-order valence-electron chi connectivity index (χ0n) is 17.9. The maximum Gasteiger partial charge on any atom is 0.151 e. The van der Waals surface area contributed by atoms with Gasteiger partial charge in [0.15, 0.2) is 6.29 Å². The summed E-state index contributed by atoms with van der Waals surface area (Å²) in [5.41, 5.74) is 9.00. The molecule has 0 heterocycles. The number of hydrogen-bond donors (Lipinski definition) is 0. The Morgan fingerprint density at radius 2 is 0.727 bits per heavy atom. The summed E-state index contributed by atoms with van der Waals surface area (Å²) in [5.74, 6) is 0. The highest BCUT2D eigenvalue weighted by Gasteiger charge is 2.26. The van der Waals surface area contributed by atoms with Crippen LogP contribution in [0.5, 0.6) is 0 Å². The fraction of sp³-hybridized carbons (Fsp3) is 0. The molecule has 0 aliphatic carbocycles. The molecule has 0 saturated heterocycles. The van der Waals surface area contributed by atoms with Gasteiger partial charge in [-0.2, -0.15) is 0 Å². The van der Waals surface area contributed by atoms with E-state index in [1.807, 2.05) is 60.7 Å². The standard InChI is InChI=1S/C31H21BrO/c32-31-26(21-33)27(22-13-5-1-6-14-22)28(23-15-7-2-8-16-23)29(24-17-9-3-10-18-24)30(31)25-19-11-4-12-20-25/h1-21H. The Hall–Kier alpha value is -3.75. The van der Waals surface area contributed by atoms with Crippen LogP contribution in [-0.4, -0.2) is 6.29 Å². The molecule has 0 saturated carbocycles. The van der Waals surface area contributed by atoms with Gasteiger partial charge in [0, 0.05) is 21.2 Å². The van der Waals surface area contributed by atoms with Gasteiger partial charge < -0.3 is 0 Å². The average Bonchev–Trinajstić information content (AvgIpc) is 2.90. The Labute approximate surface area is 202 Å². The van der Waals surface area contributed by atoms with Gasteiger partial charge in [-0.1, -0.05) is 121 Å². The molecule has 0 N–H and O–H groups in total. The van der Waals surface area contributed by atoms with Crippen LogP contribution in [0.1, 0.15) is 10.4 Å². The Balaban J connectivity index is 2.04. The molecular weight excluding hydrogens is 468 g/mol. The molecule has 0 spiro atoms. The second kappa shape index (κ2) is 9.40. The molecule has 33 heavy (non-hydrogen) atoms. The highest BCUT2D eigenvalue weighted by molar-refractivity contribution is 9.10. The zero-order chi connectivity index (χ0) is 22.6. The molecule has 0 fully saturated rings. The third kappa shape index (κ3) is 3.94. The lowest BCUT2D eigenvalue weighted by molar-refractivity contribution is 0.112. The quantitative estimate of drug-likeness (QED) is 0.225. The molecule has 5 aromatic carbocycles. The Bertz CT molecular complexity index is 1390. The molecule has 1 nitrogen and oxygen atoms in total. The fourth-order valence-corrected chi connectivity index (χ4v) is 5.14. The molecule has 2 heteroatoms. The highest BCUT2D eigenvalue weighted by atomic mass is 79.9. The molecule has 0 bridgehead atoms.